The van der Waals surface area contributed by atoms with Crippen LogP contribution in [0.1, 0.15) is 26.3 Å². The molecule has 1 aromatic heterocycles. The van der Waals surface area contributed by atoms with Gasteiger partial charge in [-0.25, -0.2) is 4.79 Å². The lowest BCUT2D eigenvalue weighted by molar-refractivity contribution is 0.0523. The first-order chi connectivity index (χ1) is 6.87. The van der Waals surface area contributed by atoms with E-state index in [0.29, 0.717) is 6.54 Å². The van der Waals surface area contributed by atoms with Gasteiger partial charge in [-0.05, 0) is 53.7 Å². The van der Waals surface area contributed by atoms with Gasteiger partial charge in [-0.15, -0.1) is 11.3 Å². The standard InChI is InChI=1S/C10H14BrNO2S/c1-10(2,3)14-9(13)12-5-7-4-8(11)15-6-7/h4,6H,5H2,1-3H3,(H,12,13). The summed E-state index contributed by atoms with van der Waals surface area (Å²) in [6.07, 6.45) is -0.384. The van der Waals surface area contributed by atoms with Crippen molar-refractivity contribution in [2.45, 2.75) is 32.9 Å². The zero-order valence-electron chi connectivity index (χ0n) is 8.96. The molecule has 0 aromatic carbocycles. The molecule has 0 aliphatic carbocycles. The highest BCUT2D eigenvalue weighted by Gasteiger charge is 2.15. The molecule has 0 aliphatic heterocycles. The summed E-state index contributed by atoms with van der Waals surface area (Å²) in [6.45, 7) is 6.02. The monoisotopic (exact) mass is 291 g/mol. The smallest absolute Gasteiger partial charge is 0.407 e. The van der Waals surface area contributed by atoms with Crippen LogP contribution in [-0.4, -0.2) is 11.7 Å². The van der Waals surface area contributed by atoms with E-state index in [0.717, 1.165) is 9.35 Å². The zero-order chi connectivity index (χ0) is 11.5. The van der Waals surface area contributed by atoms with Gasteiger partial charge in [0, 0.05) is 6.54 Å². The lowest BCUT2D eigenvalue weighted by atomic mass is 10.2. The van der Waals surface area contributed by atoms with Crippen LogP contribution < -0.4 is 5.32 Å². The van der Waals surface area contributed by atoms with E-state index in [1.54, 1.807) is 11.3 Å². The van der Waals surface area contributed by atoms with E-state index in [1.807, 2.05) is 32.2 Å². The van der Waals surface area contributed by atoms with Crippen molar-refractivity contribution >= 4 is 33.4 Å². The van der Waals surface area contributed by atoms with Crippen molar-refractivity contribution in [2.24, 2.45) is 0 Å². The van der Waals surface area contributed by atoms with Crippen molar-refractivity contribution in [3.8, 4) is 0 Å². The van der Waals surface area contributed by atoms with E-state index in [2.05, 4.69) is 21.2 Å². The maximum atomic E-state index is 11.3. The molecule has 84 valence electrons. The molecule has 1 amide bonds. The summed E-state index contributed by atoms with van der Waals surface area (Å²) < 4.78 is 6.17. The Morgan fingerprint density at radius 3 is 2.73 bits per heavy atom. The van der Waals surface area contributed by atoms with Gasteiger partial charge < -0.3 is 10.1 Å². The number of carbonyl (C=O) groups is 1. The number of hydrogen-bond acceptors (Lipinski definition) is 3. The molecule has 15 heavy (non-hydrogen) atoms. The number of rotatable bonds is 2. The third-order valence-electron chi connectivity index (χ3n) is 1.46. The summed E-state index contributed by atoms with van der Waals surface area (Å²) in [5.41, 5.74) is 0.622. The fourth-order valence-electron chi connectivity index (χ4n) is 0.927. The second-order valence-electron chi connectivity index (χ2n) is 4.11. The number of ether oxygens (including phenoxy) is 1. The van der Waals surface area contributed by atoms with E-state index in [1.165, 1.54) is 0 Å². The van der Waals surface area contributed by atoms with Gasteiger partial charge >= 0.3 is 6.09 Å². The van der Waals surface area contributed by atoms with Gasteiger partial charge in [-0.2, -0.15) is 0 Å². The van der Waals surface area contributed by atoms with Gasteiger partial charge in [0.25, 0.3) is 0 Å². The Kier molecular flexibility index (Phi) is 4.16. The van der Waals surface area contributed by atoms with Crippen LogP contribution in [0.25, 0.3) is 0 Å². The molecule has 0 saturated carbocycles. The highest BCUT2D eigenvalue weighted by molar-refractivity contribution is 9.11. The normalized spacial score (nSPS) is 11.2. The van der Waals surface area contributed by atoms with E-state index in [9.17, 15) is 4.79 Å². The van der Waals surface area contributed by atoms with E-state index < -0.39 is 5.60 Å². The molecule has 0 aliphatic rings. The van der Waals surface area contributed by atoms with Gasteiger partial charge in [-0.1, -0.05) is 0 Å². The van der Waals surface area contributed by atoms with Crippen LogP contribution in [0, 0.1) is 0 Å². The minimum atomic E-state index is -0.445. The molecule has 1 N–H and O–H groups in total. The molecule has 0 atom stereocenters. The number of alkyl carbamates (subject to hydrolysis) is 1. The predicted molar refractivity (Wildman–Crippen MR) is 65.1 cm³/mol. The van der Waals surface area contributed by atoms with E-state index in [-0.39, 0.29) is 6.09 Å². The Labute approximate surface area is 102 Å². The molecule has 0 saturated heterocycles. The van der Waals surface area contributed by atoms with Crippen molar-refractivity contribution in [1.29, 1.82) is 0 Å². The van der Waals surface area contributed by atoms with Crippen LogP contribution in [0.2, 0.25) is 0 Å². The minimum absolute atomic E-state index is 0.384. The Bertz CT molecular complexity index is 343. The number of nitrogens with one attached hydrogen (secondary N) is 1. The Morgan fingerprint density at radius 2 is 2.27 bits per heavy atom. The number of halogens is 1. The summed E-state index contributed by atoms with van der Waals surface area (Å²) in [5, 5.41) is 4.68. The Morgan fingerprint density at radius 1 is 1.60 bits per heavy atom. The average Bonchev–Trinajstić information content (AvgIpc) is 2.45. The Balaban J connectivity index is 2.35. The molecule has 5 heteroatoms. The largest absolute Gasteiger partial charge is 0.444 e. The van der Waals surface area contributed by atoms with Crippen molar-refractivity contribution in [1.82, 2.24) is 5.32 Å². The zero-order valence-corrected chi connectivity index (χ0v) is 11.4. The summed E-state index contributed by atoms with van der Waals surface area (Å²) in [5.74, 6) is 0. The van der Waals surface area contributed by atoms with E-state index in [4.69, 9.17) is 4.74 Å². The van der Waals surface area contributed by atoms with Crippen molar-refractivity contribution < 1.29 is 9.53 Å². The van der Waals surface area contributed by atoms with Gasteiger partial charge in [0.1, 0.15) is 5.60 Å². The summed E-state index contributed by atoms with van der Waals surface area (Å²) in [4.78, 5) is 11.3. The van der Waals surface area contributed by atoms with Gasteiger partial charge in [0.05, 0.1) is 3.79 Å². The molecule has 3 nitrogen and oxygen atoms in total. The highest BCUT2D eigenvalue weighted by atomic mass is 79.9. The second-order valence-corrected chi connectivity index (χ2v) is 6.40. The minimum Gasteiger partial charge on any atom is -0.444 e. The second kappa shape index (κ2) is 4.99. The first kappa shape index (κ1) is 12.5. The maximum absolute atomic E-state index is 11.3. The first-order valence-corrected chi connectivity index (χ1v) is 6.24. The van der Waals surface area contributed by atoms with Gasteiger partial charge in [-0.3, -0.25) is 0 Å². The maximum Gasteiger partial charge on any atom is 0.407 e. The average molecular weight is 292 g/mol. The van der Waals surface area contributed by atoms with Crippen LogP contribution in [0.4, 0.5) is 4.79 Å². The fourth-order valence-corrected chi connectivity index (χ4v) is 2.14. The van der Waals surface area contributed by atoms with Crippen LogP contribution in [0.5, 0.6) is 0 Å². The molecule has 0 fully saturated rings. The predicted octanol–water partition coefficient (Wildman–Crippen LogP) is 3.54. The van der Waals surface area contributed by atoms with Crippen LogP contribution in [-0.2, 0) is 11.3 Å². The topological polar surface area (TPSA) is 38.3 Å². The van der Waals surface area contributed by atoms with E-state index >= 15 is 0 Å². The molecule has 0 radical (unpaired) electrons. The number of carbonyl (C=O) groups excluding carboxylic acids is 1. The molecular formula is C10H14BrNO2S. The molecular weight excluding hydrogens is 278 g/mol. The summed E-state index contributed by atoms with van der Waals surface area (Å²) in [6, 6.07) is 1.97. The first-order valence-electron chi connectivity index (χ1n) is 4.56. The summed E-state index contributed by atoms with van der Waals surface area (Å²) >= 11 is 4.96. The lowest BCUT2D eigenvalue weighted by Gasteiger charge is -2.19. The molecule has 1 rings (SSSR count). The molecule has 0 unspecified atom stereocenters. The van der Waals surface area contributed by atoms with Crippen LogP contribution >= 0.6 is 27.3 Å². The SMILES string of the molecule is CC(C)(C)OC(=O)NCc1csc(Br)c1. The molecule has 0 bridgehead atoms. The lowest BCUT2D eigenvalue weighted by Crippen LogP contribution is -2.32. The number of thiophene rings is 1. The fraction of sp³-hybridized carbons (Fsp3) is 0.500. The number of amides is 1. The highest BCUT2D eigenvalue weighted by Crippen LogP contribution is 2.20. The van der Waals surface area contributed by atoms with Crippen molar-refractivity contribution in [3.63, 3.8) is 0 Å². The molecule has 1 aromatic rings. The molecule has 1 heterocycles. The van der Waals surface area contributed by atoms with Gasteiger partial charge in [0.2, 0.25) is 0 Å². The van der Waals surface area contributed by atoms with Crippen LogP contribution in [0.15, 0.2) is 15.2 Å². The molecule has 0 spiro atoms. The van der Waals surface area contributed by atoms with Crippen molar-refractivity contribution in [3.05, 3.63) is 20.8 Å². The number of hydrogen-bond donors (Lipinski definition) is 1. The van der Waals surface area contributed by atoms with Gasteiger partial charge in [0.15, 0.2) is 0 Å². The third kappa shape index (κ3) is 5.18. The quantitative estimate of drug-likeness (QED) is 0.905. The summed E-state index contributed by atoms with van der Waals surface area (Å²) in [7, 11) is 0. The van der Waals surface area contributed by atoms with Crippen molar-refractivity contribution in [2.75, 3.05) is 0 Å². The van der Waals surface area contributed by atoms with Crippen LogP contribution in [0.3, 0.4) is 0 Å². The Hall–Kier alpha value is -0.550. The third-order valence-corrected chi connectivity index (χ3v) is 3.01.